The zero-order valence-corrected chi connectivity index (χ0v) is 14.5. The summed E-state index contributed by atoms with van der Waals surface area (Å²) in [6.07, 6.45) is 2.44. The van der Waals surface area contributed by atoms with Crippen molar-refractivity contribution in [3.05, 3.63) is 53.4 Å². The minimum atomic E-state index is -2.68. The van der Waals surface area contributed by atoms with Crippen molar-refractivity contribution < 1.29 is 18.0 Å². The number of furan rings is 1. The molecule has 1 saturated heterocycles. The smallest absolute Gasteiger partial charge is 0.255 e. The summed E-state index contributed by atoms with van der Waals surface area (Å²) in [5.41, 5.74) is 2.47. The van der Waals surface area contributed by atoms with Crippen LogP contribution in [0.1, 0.15) is 23.2 Å². The number of pyridine rings is 1. The minimum absolute atomic E-state index is 0.0559. The quantitative estimate of drug-likeness (QED) is 0.631. The molecule has 0 aliphatic carbocycles. The van der Waals surface area contributed by atoms with Gasteiger partial charge in [0.2, 0.25) is 0 Å². The van der Waals surface area contributed by atoms with Crippen LogP contribution in [0.15, 0.2) is 47.2 Å². The highest BCUT2D eigenvalue weighted by Crippen LogP contribution is 2.31. The number of amides is 1. The number of piperidine rings is 1. The lowest BCUT2D eigenvalue weighted by Crippen LogP contribution is -2.42. The molecule has 4 rings (SSSR count). The van der Waals surface area contributed by atoms with Gasteiger partial charge in [0.25, 0.3) is 11.8 Å². The van der Waals surface area contributed by atoms with Crippen LogP contribution in [0.3, 0.4) is 0 Å². The molecule has 1 aromatic carbocycles. The first-order valence-corrected chi connectivity index (χ1v) is 8.61. The van der Waals surface area contributed by atoms with Crippen molar-refractivity contribution in [2.24, 2.45) is 0 Å². The van der Waals surface area contributed by atoms with Gasteiger partial charge in [0, 0.05) is 43.1 Å². The van der Waals surface area contributed by atoms with E-state index in [1.807, 2.05) is 12.1 Å². The second-order valence-electron chi connectivity index (χ2n) is 6.38. The molecular formula is C19H15ClF2N2O2. The Hall–Kier alpha value is -2.47. The van der Waals surface area contributed by atoms with Crippen LogP contribution in [-0.2, 0) is 0 Å². The van der Waals surface area contributed by atoms with Crippen LogP contribution in [0.2, 0.25) is 5.02 Å². The van der Waals surface area contributed by atoms with Gasteiger partial charge in [-0.05, 0) is 30.3 Å². The van der Waals surface area contributed by atoms with E-state index in [2.05, 4.69) is 4.98 Å². The van der Waals surface area contributed by atoms with E-state index in [1.165, 1.54) is 11.1 Å². The van der Waals surface area contributed by atoms with E-state index >= 15 is 0 Å². The number of likely N-dealkylation sites (tertiary alicyclic amines) is 1. The number of fused-ring (bicyclic) bond motifs is 1. The number of hydrogen-bond acceptors (Lipinski definition) is 3. The third kappa shape index (κ3) is 3.17. The molecule has 0 spiro atoms. The number of nitrogens with zero attached hydrogens (tertiary/aromatic N) is 2. The molecule has 1 fully saturated rings. The number of rotatable bonds is 2. The van der Waals surface area contributed by atoms with Gasteiger partial charge in [0.15, 0.2) is 5.58 Å². The molecule has 0 saturated carbocycles. The Kier molecular flexibility index (Phi) is 4.15. The van der Waals surface area contributed by atoms with Crippen molar-refractivity contribution in [3.63, 3.8) is 0 Å². The van der Waals surface area contributed by atoms with Crippen LogP contribution in [0.5, 0.6) is 0 Å². The van der Waals surface area contributed by atoms with Gasteiger partial charge in [-0.2, -0.15) is 0 Å². The first kappa shape index (κ1) is 17.0. The number of benzene rings is 1. The highest BCUT2D eigenvalue weighted by Gasteiger charge is 2.35. The van der Waals surface area contributed by atoms with Crippen molar-refractivity contribution in [3.8, 4) is 11.3 Å². The van der Waals surface area contributed by atoms with Crippen LogP contribution >= 0.6 is 11.6 Å². The van der Waals surface area contributed by atoms with E-state index in [1.54, 1.807) is 24.5 Å². The average molecular weight is 377 g/mol. The fraction of sp³-hybridized carbons (Fsp3) is 0.263. The summed E-state index contributed by atoms with van der Waals surface area (Å²) in [6.45, 7) is 0.112. The van der Waals surface area contributed by atoms with Gasteiger partial charge >= 0.3 is 0 Å². The third-order valence-electron chi connectivity index (χ3n) is 4.59. The van der Waals surface area contributed by atoms with E-state index in [4.69, 9.17) is 16.0 Å². The Labute approximate surface area is 153 Å². The van der Waals surface area contributed by atoms with Crippen LogP contribution in [0.25, 0.3) is 22.2 Å². The summed E-state index contributed by atoms with van der Waals surface area (Å²) < 4.78 is 31.8. The standard InChI is InChI=1S/C19H15ClF2N2O2/c20-15-10-14(9-12-3-8-26-17(12)15)16-2-1-13(11-23-16)18(25)24-6-4-19(21,22)5-7-24/h1-3,8-11H,4-7H2. The molecule has 2 aromatic heterocycles. The molecule has 4 nitrogen and oxygen atoms in total. The van der Waals surface area contributed by atoms with Gasteiger partial charge in [-0.1, -0.05) is 11.6 Å². The molecule has 1 amide bonds. The van der Waals surface area contributed by atoms with E-state index in [-0.39, 0.29) is 31.8 Å². The van der Waals surface area contributed by atoms with Crippen LogP contribution in [0, 0.1) is 0 Å². The normalized spacial score (nSPS) is 16.8. The molecular weight excluding hydrogens is 362 g/mol. The lowest BCUT2D eigenvalue weighted by atomic mass is 10.1. The summed E-state index contributed by atoms with van der Waals surface area (Å²) in [6, 6.07) is 8.86. The lowest BCUT2D eigenvalue weighted by molar-refractivity contribution is -0.0494. The number of carbonyl (C=O) groups is 1. The highest BCUT2D eigenvalue weighted by molar-refractivity contribution is 6.35. The van der Waals surface area contributed by atoms with Crippen LogP contribution < -0.4 is 0 Å². The van der Waals surface area contributed by atoms with Crippen molar-refractivity contribution in [1.82, 2.24) is 9.88 Å². The molecule has 0 N–H and O–H groups in total. The van der Waals surface area contributed by atoms with Crippen molar-refractivity contribution in [1.29, 1.82) is 0 Å². The zero-order valence-electron chi connectivity index (χ0n) is 13.7. The molecule has 26 heavy (non-hydrogen) atoms. The molecule has 7 heteroatoms. The number of alkyl halides is 2. The fourth-order valence-corrected chi connectivity index (χ4v) is 3.37. The lowest BCUT2D eigenvalue weighted by Gasteiger charge is -2.31. The van der Waals surface area contributed by atoms with Gasteiger partial charge in [-0.15, -0.1) is 0 Å². The van der Waals surface area contributed by atoms with Crippen LogP contribution in [-0.4, -0.2) is 34.8 Å². The molecule has 1 aliphatic heterocycles. The third-order valence-corrected chi connectivity index (χ3v) is 4.87. The number of carbonyl (C=O) groups excluding carboxylic acids is 1. The number of aromatic nitrogens is 1. The maximum Gasteiger partial charge on any atom is 0.255 e. The van der Waals surface area contributed by atoms with Crippen molar-refractivity contribution >= 4 is 28.5 Å². The van der Waals surface area contributed by atoms with E-state index in [0.717, 1.165) is 10.9 Å². The van der Waals surface area contributed by atoms with Gasteiger partial charge in [-0.3, -0.25) is 9.78 Å². The summed E-state index contributed by atoms with van der Waals surface area (Å²) in [5, 5.41) is 1.35. The van der Waals surface area contributed by atoms with E-state index in [9.17, 15) is 13.6 Å². The topological polar surface area (TPSA) is 46.3 Å². The minimum Gasteiger partial charge on any atom is -0.463 e. The fourth-order valence-electron chi connectivity index (χ4n) is 3.10. The molecule has 3 heterocycles. The molecule has 134 valence electrons. The largest absolute Gasteiger partial charge is 0.463 e. The van der Waals surface area contributed by atoms with Gasteiger partial charge in [-0.25, -0.2) is 8.78 Å². The predicted octanol–water partition coefficient (Wildman–Crippen LogP) is 5.02. The molecule has 3 aromatic rings. The Morgan fingerprint density at radius 2 is 1.96 bits per heavy atom. The molecule has 0 radical (unpaired) electrons. The average Bonchev–Trinajstić information content (AvgIpc) is 3.10. The summed E-state index contributed by atoms with van der Waals surface area (Å²) in [4.78, 5) is 18.2. The zero-order chi connectivity index (χ0) is 18.3. The summed E-state index contributed by atoms with van der Waals surface area (Å²) in [7, 11) is 0. The molecule has 0 unspecified atom stereocenters. The Morgan fingerprint density at radius 1 is 1.19 bits per heavy atom. The SMILES string of the molecule is O=C(c1ccc(-c2cc(Cl)c3occc3c2)nc1)N1CCC(F)(F)CC1. The second kappa shape index (κ2) is 6.36. The Morgan fingerprint density at radius 3 is 2.65 bits per heavy atom. The molecule has 0 bridgehead atoms. The number of hydrogen-bond donors (Lipinski definition) is 0. The first-order chi connectivity index (χ1) is 12.4. The van der Waals surface area contributed by atoms with E-state index < -0.39 is 5.92 Å². The number of halogens is 3. The highest BCUT2D eigenvalue weighted by atomic mass is 35.5. The molecule has 0 atom stereocenters. The maximum absolute atomic E-state index is 13.2. The maximum atomic E-state index is 13.2. The van der Waals surface area contributed by atoms with Crippen molar-refractivity contribution in [2.45, 2.75) is 18.8 Å². The van der Waals surface area contributed by atoms with Crippen molar-refractivity contribution in [2.75, 3.05) is 13.1 Å². The molecule has 1 aliphatic rings. The predicted molar refractivity (Wildman–Crippen MR) is 94.5 cm³/mol. The van der Waals surface area contributed by atoms with Gasteiger partial charge in [0.05, 0.1) is 22.5 Å². The monoisotopic (exact) mass is 376 g/mol. The Balaban J connectivity index is 1.55. The Bertz CT molecular complexity index is 959. The van der Waals surface area contributed by atoms with E-state index in [0.29, 0.717) is 21.9 Å². The van der Waals surface area contributed by atoms with Gasteiger partial charge < -0.3 is 9.32 Å². The van der Waals surface area contributed by atoms with Gasteiger partial charge in [0.1, 0.15) is 0 Å². The summed E-state index contributed by atoms with van der Waals surface area (Å²) >= 11 is 6.22. The second-order valence-corrected chi connectivity index (χ2v) is 6.78. The summed E-state index contributed by atoms with van der Waals surface area (Å²) in [5.74, 6) is -2.95. The van der Waals surface area contributed by atoms with Crippen LogP contribution in [0.4, 0.5) is 8.78 Å². The first-order valence-electron chi connectivity index (χ1n) is 8.23.